The SMILES string of the molecule is CC[C@@H](C(=O)OCC(=O)Nc1c(Cl)ccc(C)c1Cl)c1ccccc1. The quantitative estimate of drug-likeness (QED) is 0.720. The molecule has 2 aromatic carbocycles. The minimum absolute atomic E-state index is 0.319. The zero-order valence-electron chi connectivity index (χ0n) is 14.0. The average molecular weight is 380 g/mol. The maximum atomic E-state index is 12.3. The summed E-state index contributed by atoms with van der Waals surface area (Å²) in [6, 6.07) is 12.7. The van der Waals surface area contributed by atoms with E-state index in [2.05, 4.69) is 5.32 Å². The zero-order valence-corrected chi connectivity index (χ0v) is 15.5. The van der Waals surface area contributed by atoms with Gasteiger partial charge in [0.1, 0.15) is 0 Å². The third kappa shape index (κ3) is 4.97. The topological polar surface area (TPSA) is 55.4 Å². The highest BCUT2D eigenvalue weighted by molar-refractivity contribution is 6.40. The second-order valence-electron chi connectivity index (χ2n) is 5.58. The molecule has 0 heterocycles. The van der Waals surface area contributed by atoms with Crippen molar-refractivity contribution in [2.75, 3.05) is 11.9 Å². The van der Waals surface area contributed by atoms with E-state index in [9.17, 15) is 9.59 Å². The fraction of sp³-hybridized carbons (Fsp3) is 0.263. The lowest BCUT2D eigenvalue weighted by molar-refractivity contribution is -0.149. The largest absolute Gasteiger partial charge is 0.455 e. The van der Waals surface area contributed by atoms with Crippen molar-refractivity contribution in [1.29, 1.82) is 0 Å². The molecule has 4 nitrogen and oxygen atoms in total. The molecule has 0 aliphatic rings. The van der Waals surface area contributed by atoms with Gasteiger partial charge in [-0.2, -0.15) is 0 Å². The number of hydrogen-bond acceptors (Lipinski definition) is 3. The highest BCUT2D eigenvalue weighted by Crippen LogP contribution is 2.32. The summed E-state index contributed by atoms with van der Waals surface area (Å²) in [4.78, 5) is 24.3. The Balaban J connectivity index is 1.98. The van der Waals surface area contributed by atoms with Gasteiger partial charge in [-0.3, -0.25) is 9.59 Å². The van der Waals surface area contributed by atoms with E-state index >= 15 is 0 Å². The molecule has 0 fully saturated rings. The van der Waals surface area contributed by atoms with Gasteiger partial charge in [0, 0.05) is 0 Å². The number of amides is 1. The van der Waals surface area contributed by atoms with Gasteiger partial charge in [-0.25, -0.2) is 0 Å². The van der Waals surface area contributed by atoms with Crippen molar-refractivity contribution < 1.29 is 14.3 Å². The van der Waals surface area contributed by atoms with Gasteiger partial charge >= 0.3 is 5.97 Å². The third-order valence-electron chi connectivity index (χ3n) is 3.79. The molecule has 25 heavy (non-hydrogen) atoms. The minimum atomic E-state index is -0.495. The van der Waals surface area contributed by atoms with Crippen molar-refractivity contribution in [1.82, 2.24) is 0 Å². The van der Waals surface area contributed by atoms with Gasteiger partial charge in [-0.1, -0.05) is 66.5 Å². The first-order valence-electron chi connectivity index (χ1n) is 7.90. The van der Waals surface area contributed by atoms with Crippen molar-refractivity contribution >= 4 is 40.8 Å². The standard InChI is InChI=1S/C19H19Cl2NO3/c1-3-14(13-7-5-4-6-8-13)19(24)25-11-16(23)22-18-15(20)10-9-12(2)17(18)21/h4-10,14H,3,11H2,1-2H3,(H,22,23)/t14-/m1/s1. The molecule has 1 atom stereocenters. The molecule has 132 valence electrons. The van der Waals surface area contributed by atoms with Crippen molar-refractivity contribution in [2.45, 2.75) is 26.2 Å². The predicted octanol–water partition coefficient (Wildman–Crippen LogP) is 4.98. The second-order valence-corrected chi connectivity index (χ2v) is 6.37. The van der Waals surface area contributed by atoms with Crippen LogP contribution in [-0.2, 0) is 14.3 Å². The number of ether oxygens (including phenoxy) is 1. The van der Waals surface area contributed by atoms with E-state index in [4.69, 9.17) is 27.9 Å². The molecule has 0 bridgehead atoms. The molecule has 0 aliphatic heterocycles. The molecular weight excluding hydrogens is 361 g/mol. The molecule has 1 amide bonds. The van der Waals surface area contributed by atoms with Crippen LogP contribution >= 0.6 is 23.2 Å². The highest BCUT2D eigenvalue weighted by Gasteiger charge is 2.21. The van der Waals surface area contributed by atoms with Crippen LogP contribution in [0.2, 0.25) is 10.0 Å². The zero-order chi connectivity index (χ0) is 18.4. The van der Waals surface area contributed by atoms with Gasteiger partial charge in [0.2, 0.25) is 0 Å². The van der Waals surface area contributed by atoms with E-state index in [-0.39, 0.29) is 0 Å². The maximum Gasteiger partial charge on any atom is 0.313 e. The Kier molecular flexibility index (Phi) is 6.85. The first-order chi connectivity index (χ1) is 11.9. The summed E-state index contributed by atoms with van der Waals surface area (Å²) in [6.45, 7) is 3.30. The Morgan fingerprint density at radius 3 is 2.44 bits per heavy atom. The van der Waals surface area contributed by atoms with Gasteiger partial charge < -0.3 is 10.1 Å². The van der Waals surface area contributed by atoms with Crippen molar-refractivity contribution in [3.63, 3.8) is 0 Å². The molecule has 1 N–H and O–H groups in total. The first kappa shape index (κ1) is 19.3. The summed E-state index contributed by atoms with van der Waals surface area (Å²) in [5.41, 5.74) is 1.97. The van der Waals surface area contributed by atoms with Gasteiger partial charge in [0.05, 0.1) is 21.7 Å². The number of hydrogen-bond donors (Lipinski definition) is 1. The van der Waals surface area contributed by atoms with E-state index in [0.717, 1.165) is 11.1 Å². The minimum Gasteiger partial charge on any atom is -0.455 e. The fourth-order valence-electron chi connectivity index (χ4n) is 2.41. The van der Waals surface area contributed by atoms with Gasteiger partial charge in [-0.15, -0.1) is 0 Å². The molecule has 0 saturated heterocycles. The van der Waals surface area contributed by atoms with Crippen LogP contribution in [0.15, 0.2) is 42.5 Å². The number of carbonyl (C=O) groups excluding carboxylic acids is 2. The van der Waals surface area contributed by atoms with Gasteiger partial charge in [-0.05, 0) is 30.5 Å². The van der Waals surface area contributed by atoms with Crippen LogP contribution in [0.5, 0.6) is 0 Å². The summed E-state index contributed by atoms with van der Waals surface area (Å²) < 4.78 is 5.16. The maximum absolute atomic E-state index is 12.3. The average Bonchev–Trinajstić information content (AvgIpc) is 2.62. The number of nitrogens with one attached hydrogen (secondary N) is 1. The summed E-state index contributed by atoms with van der Waals surface area (Å²) in [7, 11) is 0. The summed E-state index contributed by atoms with van der Waals surface area (Å²) in [5.74, 6) is -1.34. The Bertz CT molecular complexity index is 763. The molecule has 0 saturated carbocycles. The highest BCUT2D eigenvalue weighted by atomic mass is 35.5. The molecule has 0 unspecified atom stereocenters. The molecule has 0 aliphatic carbocycles. The molecular formula is C19H19Cl2NO3. The van der Waals surface area contributed by atoms with Crippen LogP contribution in [0, 0.1) is 6.92 Å². The Hall–Kier alpha value is -2.04. The fourth-order valence-corrected chi connectivity index (χ4v) is 2.87. The molecule has 0 radical (unpaired) electrons. The van der Waals surface area contributed by atoms with E-state index in [0.29, 0.717) is 22.2 Å². The molecule has 6 heteroatoms. The van der Waals surface area contributed by atoms with Crippen LogP contribution in [0.4, 0.5) is 5.69 Å². The molecule has 2 rings (SSSR count). The number of esters is 1. The number of carbonyl (C=O) groups is 2. The van der Waals surface area contributed by atoms with E-state index in [1.165, 1.54) is 0 Å². The molecule has 0 aromatic heterocycles. The number of halogens is 2. The number of rotatable bonds is 6. The predicted molar refractivity (Wildman–Crippen MR) is 100 cm³/mol. The smallest absolute Gasteiger partial charge is 0.313 e. The van der Waals surface area contributed by atoms with Crippen LogP contribution in [0.3, 0.4) is 0 Å². The Morgan fingerprint density at radius 2 is 1.80 bits per heavy atom. The van der Waals surface area contributed by atoms with E-state index in [1.54, 1.807) is 19.1 Å². The Morgan fingerprint density at radius 1 is 1.12 bits per heavy atom. The van der Waals surface area contributed by atoms with Crippen LogP contribution in [-0.4, -0.2) is 18.5 Å². The van der Waals surface area contributed by atoms with Crippen LogP contribution < -0.4 is 5.32 Å². The van der Waals surface area contributed by atoms with Crippen molar-refractivity contribution in [3.05, 3.63) is 63.6 Å². The number of aryl methyl sites for hydroxylation is 1. The molecule has 2 aromatic rings. The number of anilines is 1. The van der Waals surface area contributed by atoms with Crippen LogP contribution in [0.1, 0.15) is 30.4 Å². The first-order valence-corrected chi connectivity index (χ1v) is 8.65. The lowest BCUT2D eigenvalue weighted by atomic mass is 9.97. The van der Waals surface area contributed by atoms with Crippen LogP contribution in [0.25, 0.3) is 0 Å². The second kappa shape index (κ2) is 8.88. The lowest BCUT2D eigenvalue weighted by Gasteiger charge is -2.15. The Labute approximate surface area is 157 Å². The van der Waals surface area contributed by atoms with Gasteiger partial charge in [0.25, 0.3) is 5.91 Å². The van der Waals surface area contributed by atoms with Crippen molar-refractivity contribution in [2.24, 2.45) is 0 Å². The lowest BCUT2D eigenvalue weighted by Crippen LogP contribution is -2.24. The number of benzene rings is 2. The summed E-state index contributed by atoms with van der Waals surface area (Å²) in [5, 5.41) is 3.28. The third-order valence-corrected chi connectivity index (χ3v) is 4.59. The summed E-state index contributed by atoms with van der Waals surface area (Å²) >= 11 is 12.2. The monoisotopic (exact) mass is 379 g/mol. The van der Waals surface area contributed by atoms with E-state index < -0.39 is 24.4 Å². The van der Waals surface area contributed by atoms with Gasteiger partial charge in [0.15, 0.2) is 6.61 Å². The molecule has 0 spiro atoms. The van der Waals surface area contributed by atoms with Crippen molar-refractivity contribution in [3.8, 4) is 0 Å². The normalized spacial score (nSPS) is 11.7. The summed E-state index contributed by atoms with van der Waals surface area (Å²) in [6.07, 6.45) is 0.583. The van der Waals surface area contributed by atoms with E-state index in [1.807, 2.05) is 37.3 Å².